The van der Waals surface area contributed by atoms with Gasteiger partial charge in [0.15, 0.2) is 17.3 Å². The number of carboxylic acids is 1. The number of carboxylic acid groups (broad SMARTS) is 1. The SMILES string of the molecule is C[C@H](CC(=O)[C@H](Cc1cnc[nH]1)NC(=O)CCC(=O)[C@H](Cc1ccc(O)cc1)NC(=O)[C@@H](C)CCC(N)=O)C(=O)N[C@@H](C)C(=O)C[C@@H](Cc1ccccc1)C(=O)N[C@@H](CCC(=O)O)C(N)=O. The molecular weight excluding hydrogens is 857 g/mol. The van der Waals surface area contributed by atoms with Crippen LogP contribution in [0.4, 0.5) is 0 Å². The number of aromatic amines is 1. The lowest BCUT2D eigenvalue weighted by Gasteiger charge is -2.23. The molecule has 7 atom stereocenters. The molecule has 0 fully saturated rings. The van der Waals surface area contributed by atoms with Crippen molar-refractivity contribution in [2.75, 3.05) is 0 Å². The van der Waals surface area contributed by atoms with Gasteiger partial charge in [-0.2, -0.15) is 0 Å². The number of benzene rings is 2. The molecule has 1 heterocycles. The van der Waals surface area contributed by atoms with Crippen LogP contribution in [0.15, 0.2) is 67.1 Å². The molecule has 3 aromatic rings. The molecule has 0 aliphatic rings. The molecule has 20 nitrogen and oxygen atoms in total. The Morgan fingerprint density at radius 2 is 1.24 bits per heavy atom. The van der Waals surface area contributed by atoms with Crippen LogP contribution in [0.1, 0.15) is 89.0 Å². The first kappa shape index (κ1) is 53.1. The van der Waals surface area contributed by atoms with Gasteiger partial charge in [0.2, 0.25) is 35.4 Å². The number of carbonyl (C=O) groups is 10. The second-order valence-corrected chi connectivity index (χ2v) is 16.5. The van der Waals surface area contributed by atoms with Crippen LogP contribution in [0.5, 0.6) is 5.75 Å². The van der Waals surface area contributed by atoms with E-state index in [0.717, 1.165) is 0 Å². The highest BCUT2D eigenvalue weighted by Crippen LogP contribution is 2.18. The lowest BCUT2D eigenvalue weighted by Crippen LogP contribution is -2.48. The number of nitrogens with one attached hydrogen (secondary N) is 5. The molecule has 11 N–H and O–H groups in total. The van der Waals surface area contributed by atoms with E-state index in [1.807, 2.05) is 0 Å². The van der Waals surface area contributed by atoms with E-state index in [1.54, 1.807) is 49.4 Å². The Bertz CT molecular complexity index is 2160. The number of amides is 6. The zero-order chi connectivity index (χ0) is 48.9. The van der Waals surface area contributed by atoms with Gasteiger partial charge in [-0.25, -0.2) is 4.98 Å². The van der Waals surface area contributed by atoms with Gasteiger partial charge in [0, 0.05) is 74.6 Å². The first-order valence-electron chi connectivity index (χ1n) is 21.6. The summed E-state index contributed by atoms with van der Waals surface area (Å²) in [6, 6.07) is 10.1. The van der Waals surface area contributed by atoms with E-state index in [2.05, 4.69) is 31.2 Å². The van der Waals surface area contributed by atoms with Crippen LogP contribution in [0, 0.1) is 17.8 Å². The topological polar surface area (TPSA) is 340 Å². The van der Waals surface area contributed by atoms with Crippen molar-refractivity contribution in [1.29, 1.82) is 0 Å². The second kappa shape index (κ2) is 26.5. The van der Waals surface area contributed by atoms with Gasteiger partial charge >= 0.3 is 5.97 Å². The molecule has 0 spiro atoms. The number of aromatic hydroxyl groups is 1. The Kier molecular flexibility index (Phi) is 21.3. The van der Waals surface area contributed by atoms with Crippen molar-refractivity contribution in [3.8, 4) is 5.75 Å². The van der Waals surface area contributed by atoms with Gasteiger partial charge in [0.05, 0.1) is 24.5 Å². The largest absolute Gasteiger partial charge is 0.508 e. The predicted molar refractivity (Wildman–Crippen MR) is 237 cm³/mol. The molecule has 0 aliphatic heterocycles. The Hall–Kier alpha value is -7.25. The van der Waals surface area contributed by atoms with Crippen molar-refractivity contribution in [1.82, 2.24) is 31.2 Å². The number of ketones is 3. The number of aromatic nitrogens is 2. The maximum absolute atomic E-state index is 13.7. The molecule has 0 bridgehead atoms. The van der Waals surface area contributed by atoms with Crippen LogP contribution in [-0.2, 0) is 67.2 Å². The number of rotatable bonds is 30. The zero-order valence-electron chi connectivity index (χ0n) is 37.2. The van der Waals surface area contributed by atoms with E-state index >= 15 is 0 Å². The summed E-state index contributed by atoms with van der Waals surface area (Å²) in [5, 5.41) is 29.2. The van der Waals surface area contributed by atoms with Crippen LogP contribution in [-0.4, -0.2) is 103 Å². The fraction of sp³-hybridized carbons (Fsp3) is 0.457. The lowest BCUT2D eigenvalue weighted by molar-refractivity contribution is -0.138. The quantitative estimate of drug-likeness (QED) is 0.0449. The Balaban J connectivity index is 1.66. The summed E-state index contributed by atoms with van der Waals surface area (Å²) in [7, 11) is 0. The van der Waals surface area contributed by atoms with Gasteiger partial charge < -0.3 is 47.9 Å². The summed E-state index contributed by atoms with van der Waals surface area (Å²) < 4.78 is 0. The summed E-state index contributed by atoms with van der Waals surface area (Å²) in [6.45, 7) is 4.46. The van der Waals surface area contributed by atoms with Gasteiger partial charge in [-0.3, -0.25) is 47.9 Å². The average molecular weight is 917 g/mol. The summed E-state index contributed by atoms with van der Waals surface area (Å²) in [5.74, 6) is -9.52. The monoisotopic (exact) mass is 916 g/mol. The highest BCUT2D eigenvalue weighted by Gasteiger charge is 2.32. The summed E-state index contributed by atoms with van der Waals surface area (Å²) >= 11 is 0. The Morgan fingerprint density at radius 3 is 1.85 bits per heavy atom. The number of carbonyl (C=O) groups excluding carboxylic acids is 9. The predicted octanol–water partition coefficient (Wildman–Crippen LogP) is 0.874. The molecule has 0 saturated heterocycles. The van der Waals surface area contributed by atoms with Gasteiger partial charge in [-0.1, -0.05) is 56.3 Å². The molecule has 6 amide bonds. The van der Waals surface area contributed by atoms with Crippen molar-refractivity contribution in [3.63, 3.8) is 0 Å². The smallest absolute Gasteiger partial charge is 0.303 e. The fourth-order valence-corrected chi connectivity index (χ4v) is 6.85. The van der Waals surface area contributed by atoms with Crippen LogP contribution >= 0.6 is 0 Å². The third-order valence-corrected chi connectivity index (χ3v) is 10.9. The lowest BCUT2D eigenvalue weighted by atomic mass is 9.91. The second-order valence-electron chi connectivity index (χ2n) is 16.5. The molecule has 3 rings (SSSR count). The number of nitrogens with zero attached hydrogens (tertiary/aromatic N) is 1. The summed E-state index contributed by atoms with van der Waals surface area (Å²) in [5.41, 5.74) is 12.4. The minimum Gasteiger partial charge on any atom is -0.508 e. The van der Waals surface area contributed by atoms with Crippen molar-refractivity contribution < 1.29 is 58.2 Å². The van der Waals surface area contributed by atoms with Crippen LogP contribution in [0.25, 0.3) is 0 Å². The number of primary amides is 2. The van der Waals surface area contributed by atoms with Gasteiger partial charge in [-0.15, -0.1) is 0 Å². The molecule has 0 saturated carbocycles. The van der Waals surface area contributed by atoms with Crippen molar-refractivity contribution >= 4 is 58.8 Å². The number of H-pyrrole nitrogens is 1. The number of phenolic OH excluding ortho intramolecular Hbond substituents is 1. The molecular formula is C46H60N8O12. The molecule has 0 unspecified atom stereocenters. The third kappa shape index (κ3) is 18.8. The first-order valence-corrected chi connectivity index (χ1v) is 21.6. The average Bonchev–Trinajstić information content (AvgIpc) is 3.79. The summed E-state index contributed by atoms with van der Waals surface area (Å²) in [6.07, 6.45) is 0.889. The van der Waals surface area contributed by atoms with E-state index in [0.29, 0.717) is 16.8 Å². The number of nitrogens with two attached hydrogens (primary N) is 2. The Morgan fingerprint density at radius 1 is 0.621 bits per heavy atom. The van der Waals surface area contributed by atoms with Crippen LogP contribution in [0.3, 0.4) is 0 Å². The number of aliphatic carboxylic acids is 1. The highest BCUT2D eigenvalue weighted by atomic mass is 16.4. The van der Waals surface area contributed by atoms with Crippen molar-refractivity contribution in [3.05, 3.63) is 83.9 Å². The maximum atomic E-state index is 13.7. The first-order chi connectivity index (χ1) is 31.2. The molecule has 0 aliphatic carbocycles. The standard InChI is InChI=1S/C46H60N8O12/c1-26(9-16-40(47)59)44(64)54-35(21-30-10-12-33(55)13-11-30)37(56)15-17-41(60)52-36(23-32-24-49-25-50-32)39(58)19-27(2)45(65)51-28(3)38(57)22-31(20-29-7-5-4-6-8-29)46(66)53-34(43(48)63)14-18-42(61)62/h4-8,10-13,24-28,31,34-36,55H,9,14-23H2,1-3H3,(H2,47,59)(H2,48,63)(H,49,50)(H,51,65)(H,52,60)(H,53,66)(H,54,64)(H,61,62)/t26-,27+,28-,31+,34-,35-,36-/m0/s1. The number of Topliss-reactive ketones (excluding diaryl/α,β-unsaturated/α-hetero) is 3. The van der Waals surface area contributed by atoms with Gasteiger partial charge in [-0.05, 0) is 55.9 Å². The fourth-order valence-electron chi connectivity index (χ4n) is 6.85. The minimum atomic E-state index is -1.30. The number of imidazole rings is 1. The highest BCUT2D eigenvalue weighted by molar-refractivity contribution is 5.97. The van der Waals surface area contributed by atoms with E-state index < -0.39 is 107 Å². The zero-order valence-corrected chi connectivity index (χ0v) is 37.2. The molecule has 2 aromatic carbocycles. The molecule has 20 heteroatoms. The van der Waals surface area contributed by atoms with Crippen LogP contribution in [0.2, 0.25) is 0 Å². The normalized spacial score (nSPS) is 14.2. The van der Waals surface area contributed by atoms with Crippen molar-refractivity contribution in [2.24, 2.45) is 29.2 Å². The molecule has 0 radical (unpaired) electrons. The van der Waals surface area contributed by atoms with E-state index in [9.17, 15) is 53.1 Å². The number of hydrogen-bond acceptors (Lipinski definition) is 12. The van der Waals surface area contributed by atoms with Gasteiger partial charge in [0.25, 0.3) is 0 Å². The third-order valence-electron chi connectivity index (χ3n) is 10.9. The van der Waals surface area contributed by atoms with E-state index in [-0.39, 0.29) is 70.0 Å². The van der Waals surface area contributed by atoms with E-state index in [1.165, 1.54) is 38.5 Å². The van der Waals surface area contributed by atoms with Crippen molar-refractivity contribution in [2.45, 2.75) is 116 Å². The maximum Gasteiger partial charge on any atom is 0.303 e. The molecule has 66 heavy (non-hydrogen) atoms. The minimum absolute atomic E-state index is 0.0000849. The summed E-state index contributed by atoms with van der Waals surface area (Å²) in [4.78, 5) is 135. The van der Waals surface area contributed by atoms with Gasteiger partial charge in [0.1, 0.15) is 11.8 Å². The van der Waals surface area contributed by atoms with E-state index in [4.69, 9.17) is 16.6 Å². The number of phenols is 1. The molecule has 356 valence electrons. The molecule has 1 aromatic heterocycles. The Labute approximate surface area is 381 Å². The van der Waals surface area contributed by atoms with Crippen LogP contribution < -0.4 is 32.7 Å². The number of hydrogen-bond donors (Lipinski definition) is 9.